The van der Waals surface area contributed by atoms with Crippen LogP contribution in [0, 0.1) is 0 Å². The van der Waals surface area contributed by atoms with Gasteiger partial charge in [0.1, 0.15) is 11.7 Å². The molecule has 1 aromatic heterocycles. The van der Waals surface area contributed by atoms with Gasteiger partial charge in [-0.1, -0.05) is 13.8 Å². The summed E-state index contributed by atoms with van der Waals surface area (Å²) in [7, 11) is 0. The van der Waals surface area contributed by atoms with E-state index in [1.807, 2.05) is 17.7 Å². The van der Waals surface area contributed by atoms with Crippen LogP contribution in [-0.2, 0) is 11.3 Å². The van der Waals surface area contributed by atoms with E-state index in [9.17, 15) is 9.59 Å². The van der Waals surface area contributed by atoms with Crippen molar-refractivity contribution in [1.29, 1.82) is 0 Å². The molecule has 0 bridgehead atoms. The van der Waals surface area contributed by atoms with Gasteiger partial charge in [-0.3, -0.25) is 4.79 Å². The van der Waals surface area contributed by atoms with Gasteiger partial charge in [0.15, 0.2) is 0 Å². The second kappa shape index (κ2) is 6.08. The largest absolute Gasteiger partial charge is 0.480 e. The average Bonchev–Trinajstić information content (AvgIpc) is 2.74. The molecule has 0 aliphatic heterocycles. The van der Waals surface area contributed by atoms with Gasteiger partial charge in [0, 0.05) is 12.7 Å². The second-order valence-electron chi connectivity index (χ2n) is 3.86. The van der Waals surface area contributed by atoms with Crippen molar-refractivity contribution >= 4 is 11.9 Å². The van der Waals surface area contributed by atoms with Crippen LogP contribution in [0.25, 0.3) is 0 Å². The van der Waals surface area contributed by atoms with E-state index in [0.29, 0.717) is 12.1 Å². The molecular formula is C12H18N2O3. The SMILES string of the molecule is CCCn1cccc1C(=O)N[C@@H](CC)C(=O)O. The quantitative estimate of drug-likeness (QED) is 0.788. The number of carboxylic acids is 1. The fourth-order valence-electron chi connectivity index (χ4n) is 1.63. The molecule has 94 valence electrons. The zero-order valence-electron chi connectivity index (χ0n) is 10.1. The van der Waals surface area contributed by atoms with Crippen LogP contribution in [0.2, 0.25) is 0 Å². The normalized spacial score (nSPS) is 12.1. The van der Waals surface area contributed by atoms with Crippen molar-refractivity contribution in [3.05, 3.63) is 24.0 Å². The molecular weight excluding hydrogens is 220 g/mol. The van der Waals surface area contributed by atoms with Crippen LogP contribution in [-0.4, -0.2) is 27.6 Å². The third kappa shape index (κ3) is 3.34. The minimum Gasteiger partial charge on any atom is -0.480 e. The molecule has 0 aliphatic carbocycles. The molecule has 0 saturated heterocycles. The van der Waals surface area contributed by atoms with Crippen molar-refractivity contribution in [3.63, 3.8) is 0 Å². The van der Waals surface area contributed by atoms with Crippen LogP contribution in [0.4, 0.5) is 0 Å². The summed E-state index contributed by atoms with van der Waals surface area (Å²) in [5.74, 6) is -1.34. The Hall–Kier alpha value is -1.78. The number of aryl methyl sites for hydroxylation is 1. The zero-order valence-corrected chi connectivity index (χ0v) is 10.1. The van der Waals surface area contributed by atoms with Crippen LogP contribution in [0.1, 0.15) is 37.2 Å². The lowest BCUT2D eigenvalue weighted by Gasteiger charge is -2.13. The molecule has 0 fully saturated rings. The summed E-state index contributed by atoms with van der Waals surface area (Å²) in [4.78, 5) is 22.7. The number of nitrogens with zero attached hydrogens (tertiary/aromatic N) is 1. The molecule has 1 amide bonds. The van der Waals surface area contributed by atoms with Gasteiger partial charge in [0.2, 0.25) is 0 Å². The van der Waals surface area contributed by atoms with Crippen molar-refractivity contribution < 1.29 is 14.7 Å². The fraction of sp³-hybridized carbons (Fsp3) is 0.500. The smallest absolute Gasteiger partial charge is 0.326 e. The highest BCUT2D eigenvalue weighted by molar-refractivity contribution is 5.95. The molecule has 1 heterocycles. The number of rotatable bonds is 6. The molecule has 0 aromatic carbocycles. The monoisotopic (exact) mass is 238 g/mol. The lowest BCUT2D eigenvalue weighted by atomic mass is 10.2. The number of hydrogen-bond donors (Lipinski definition) is 2. The maximum atomic E-state index is 11.9. The number of carboxylic acid groups (broad SMARTS) is 1. The Morgan fingerprint density at radius 3 is 2.71 bits per heavy atom. The van der Waals surface area contributed by atoms with Gasteiger partial charge in [-0.15, -0.1) is 0 Å². The van der Waals surface area contributed by atoms with Gasteiger partial charge >= 0.3 is 5.97 Å². The topological polar surface area (TPSA) is 71.3 Å². The second-order valence-corrected chi connectivity index (χ2v) is 3.86. The third-order valence-electron chi connectivity index (χ3n) is 2.54. The molecule has 5 heteroatoms. The maximum absolute atomic E-state index is 11.9. The predicted molar refractivity (Wildman–Crippen MR) is 63.9 cm³/mol. The van der Waals surface area contributed by atoms with E-state index in [2.05, 4.69) is 5.32 Å². The Kier molecular flexibility index (Phi) is 4.75. The van der Waals surface area contributed by atoms with E-state index in [-0.39, 0.29) is 5.91 Å². The molecule has 1 aromatic rings. The number of aromatic nitrogens is 1. The van der Waals surface area contributed by atoms with Gasteiger partial charge in [0.25, 0.3) is 5.91 Å². The van der Waals surface area contributed by atoms with E-state index >= 15 is 0 Å². The molecule has 0 spiro atoms. The van der Waals surface area contributed by atoms with Crippen molar-refractivity contribution in [1.82, 2.24) is 9.88 Å². The van der Waals surface area contributed by atoms with E-state index in [0.717, 1.165) is 13.0 Å². The molecule has 5 nitrogen and oxygen atoms in total. The van der Waals surface area contributed by atoms with E-state index in [4.69, 9.17) is 5.11 Å². The summed E-state index contributed by atoms with van der Waals surface area (Å²) >= 11 is 0. The van der Waals surface area contributed by atoms with Crippen LogP contribution >= 0.6 is 0 Å². The molecule has 0 saturated carbocycles. The third-order valence-corrected chi connectivity index (χ3v) is 2.54. The molecule has 17 heavy (non-hydrogen) atoms. The van der Waals surface area contributed by atoms with Crippen molar-refractivity contribution in [3.8, 4) is 0 Å². The first-order valence-corrected chi connectivity index (χ1v) is 5.79. The fourth-order valence-corrected chi connectivity index (χ4v) is 1.63. The molecule has 2 N–H and O–H groups in total. The van der Waals surface area contributed by atoms with E-state index in [1.54, 1.807) is 19.1 Å². The lowest BCUT2D eigenvalue weighted by molar-refractivity contribution is -0.139. The summed E-state index contributed by atoms with van der Waals surface area (Å²) in [6.07, 6.45) is 3.11. The van der Waals surface area contributed by atoms with Crippen LogP contribution in [0.5, 0.6) is 0 Å². The standard InChI is InChI=1S/C12H18N2O3/c1-3-7-14-8-5-6-10(14)11(15)13-9(4-2)12(16)17/h5-6,8-9H,3-4,7H2,1-2H3,(H,13,15)(H,16,17)/t9-/m0/s1. The first-order chi connectivity index (χ1) is 8.10. The summed E-state index contributed by atoms with van der Waals surface area (Å²) in [6.45, 7) is 4.50. The molecule has 1 atom stereocenters. The van der Waals surface area contributed by atoms with Gasteiger partial charge in [-0.05, 0) is 25.0 Å². The van der Waals surface area contributed by atoms with Crippen molar-refractivity contribution in [2.24, 2.45) is 0 Å². The van der Waals surface area contributed by atoms with Crippen LogP contribution < -0.4 is 5.32 Å². The summed E-state index contributed by atoms with van der Waals surface area (Å²) < 4.78 is 1.82. The Balaban J connectivity index is 2.75. The zero-order chi connectivity index (χ0) is 12.8. The maximum Gasteiger partial charge on any atom is 0.326 e. The Labute approximate surface area is 100 Å². The van der Waals surface area contributed by atoms with Gasteiger partial charge in [-0.25, -0.2) is 4.79 Å². The van der Waals surface area contributed by atoms with E-state index in [1.165, 1.54) is 0 Å². The number of nitrogens with one attached hydrogen (secondary N) is 1. The molecule has 0 aliphatic rings. The number of aliphatic carboxylic acids is 1. The molecule has 1 rings (SSSR count). The number of carbonyl (C=O) groups is 2. The number of hydrogen-bond acceptors (Lipinski definition) is 2. The highest BCUT2D eigenvalue weighted by atomic mass is 16.4. The molecule has 0 radical (unpaired) electrons. The highest BCUT2D eigenvalue weighted by Gasteiger charge is 2.19. The Morgan fingerprint density at radius 2 is 2.18 bits per heavy atom. The summed E-state index contributed by atoms with van der Waals surface area (Å²) in [5.41, 5.74) is 0.506. The van der Waals surface area contributed by atoms with Gasteiger partial charge in [0.05, 0.1) is 0 Å². The first-order valence-electron chi connectivity index (χ1n) is 5.79. The lowest BCUT2D eigenvalue weighted by Crippen LogP contribution is -2.40. The Bertz CT molecular complexity index is 398. The van der Waals surface area contributed by atoms with E-state index < -0.39 is 12.0 Å². The summed E-state index contributed by atoms with van der Waals surface area (Å²) in [5, 5.41) is 11.4. The predicted octanol–water partition coefficient (Wildman–Crippen LogP) is 1.49. The minimum atomic E-state index is -1.01. The Morgan fingerprint density at radius 1 is 1.47 bits per heavy atom. The average molecular weight is 238 g/mol. The van der Waals surface area contributed by atoms with Crippen molar-refractivity contribution in [2.45, 2.75) is 39.3 Å². The van der Waals surface area contributed by atoms with Crippen LogP contribution in [0.15, 0.2) is 18.3 Å². The first kappa shape index (κ1) is 13.3. The summed E-state index contributed by atoms with van der Waals surface area (Å²) in [6, 6.07) is 2.65. The molecule has 0 unspecified atom stereocenters. The number of carbonyl (C=O) groups excluding carboxylic acids is 1. The minimum absolute atomic E-state index is 0.335. The van der Waals surface area contributed by atoms with Gasteiger partial charge < -0.3 is 15.0 Å². The van der Waals surface area contributed by atoms with Crippen molar-refractivity contribution in [2.75, 3.05) is 0 Å². The van der Waals surface area contributed by atoms with Gasteiger partial charge in [-0.2, -0.15) is 0 Å². The highest BCUT2D eigenvalue weighted by Crippen LogP contribution is 2.04. The van der Waals surface area contributed by atoms with Crippen LogP contribution in [0.3, 0.4) is 0 Å². The number of amides is 1.